The lowest BCUT2D eigenvalue weighted by Gasteiger charge is -2.15. The number of hydrogen-bond acceptors (Lipinski definition) is 2. The van der Waals surface area contributed by atoms with Crippen molar-refractivity contribution in [2.75, 3.05) is 13.1 Å². The van der Waals surface area contributed by atoms with E-state index in [2.05, 4.69) is 0 Å². The highest BCUT2D eigenvalue weighted by Crippen LogP contribution is 2.11. The van der Waals surface area contributed by atoms with Crippen LogP contribution in [0.2, 0.25) is 0 Å². The Labute approximate surface area is 95.7 Å². The number of amides is 1. The van der Waals surface area contributed by atoms with Crippen molar-refractivity contribution in [1.82, 2.24) is 4.90 Å². The second kappa shape index (κ2) is 5.12. The molecule has 1 heterocycles. The Hall–Kier alpha value is -1.35. The Kier molecular flexibility index (Phi) is 3.57. The first-order chi connectivity index (χ1) is 7.75. The third kappa shape index (κ3) is 2.83. The number of β-amino-alcohol motifs (C(OH)–C–C–N with tert-alkyl or cyclic N) is 1. The smallest absolute Gasteiger partial charge is 0.222 e. The summed E-state index contributed by atoms with van der Waals surface area (Å²) in [6, 6.07) is 10.0. The van der Waals surface area contributed by atoms with Gasteiger partial charge in [0.2, 0.25) is 5.91 Å². The second-order valence-corrected chi connectivity index (χ2v) is 4.27. The fraction of sp³-hybridized carbons (Fsp3) is 0.462. The topological polar surface area (TPSA) is 40.5 Å². The summed E-state index contributed by atoms with van der Waals surface area (Å²) in [4.78, 5) is 13.5. The van der Waals surface area contributed by atoms with Crippen molar-refractivity contribution in [3.63, 3.8) is 0 Å². The molecule has 0 unspecified atom stereocenters. The van der Waals surface area contributed by atoms with Gasteiger partial charge in [-0.05, 0) is 18.4 Å². The van der Waals surface area contributed by atoms with Gasteiger partial charge in [0.15, 0.2) is 0 Å². The maximum absolute atomic E-state index is 11.8. The van der Waals surface area contributed by atoms with Crippen LogP contribution in [0.5, 0.6) is 0 Å². The fourth-order valence-corrected chi connectivity index (χ4v) is 2.02. The molecule has 86 valence electrons. The minimum atomic E-state index is -0.319. The zero-order valence-corrected chi connectivity index (χ0v) is 9.30. The Morgan fingerprint density at radius 3 is 2.75 bits per heavy atom. The van der Waals surface area contributed by atoms with Gasteiger partial charge in [0.25, 0.3) is 0 Å². The molecule has 0 radical (unpaired) electrons. The molecular weight excluding hydrogens is 202 g/mol. The minimum absolute atomic E-state index is 0.153. The van der Waals surface area contributed by atoms with Crippen LogP contribution < -0.4 is 0 Å². The molecule has 1 aromatic rings. The number of aliphatic hydroxyl groups excluding tert-OH is 1. The van der Waals surface area contributed by atoms with Crippen LogP contribution in [0.3, 0.4) is 0 Å². The summed E-state index contributed by atoms with van der Waals surface area (Å²) in [6.07, 6.45) is 1.72. The summed E-state index contributed by atoms with van der Waals surface area (Å²) in [7, 11) is 0. The average molecular weight is 219 g/mol. The molecule has 0 spiro atoms. The van der Waals surface area contributed by atoms with Gasteiger partial charge in [-0.3, -0.25) is 4.79 Å². The Morgan fingerprint density at radius 2 is 2.12 bits per heavy atom. The van der Waals surface area contributed by atoms with E-state index >= 15 is 0 Å². The van der Waals surface area contributed by atoms with E-state index in [-0.39, 0.29) is 12.0 Å². The number of benzene rings is 1. The molecule has 0 bridgehead atoms. The highest BCUT2D eigenvalue weighted by atomic mass is 16.3. The molecule has 1 aliphatic heterocycles. The lowest BCUT2D eigenvalue weighted by atomic mass is 10.1. The number of hydrogen-bond donors (Lipinski definition) is 1. The molecule has 1 N–H and O–H groups in total. The first-order valence-electron chi connectivity index (χ1n) is 5.75. The normalized spacial score (nSPS) is 20.1. The predicted molar refractivity (Wildman–Crippen MR) is 62.0 cm³/mol. The van der Waals surface area contributed by atoms with Gasteiger partial charge in [-0.15, -0.1) is 0 Å². The minimum Gasteiger partial charge on any atom is -0.391 e. The number of carbonyl (C=O) groups excluding carboxylic acids is 1. The zero-order valence-electron chi connectivity index (χ0n) is 9.30. The summed E-state index contributed by atoms with van der Waals surface area (Å²) in [5, 5.41) is 9.34. The van der Waals surface area contributed by atoms with Crippen molar-refractivity contribution in [2.24, 2.45) is 0 Å². The maximum Gasteiger partial charge on any atom is 0.222 e. The standard InChI is InChI=1S/C13H17NO2/c15-12-8-9-14(10-12)13(16)7-6-11-4-2-1-3-5-11/h1-5,12,15H,6-10H2/t12-/m1/s1. The van der Waals surface area contributed by atoms with E-state index < -0.39 is 0 Å². The Balaban J connectivity index is 1.80. The van der Waals surface area contributed by atoms with Crippen LogP contribution in [-0.2, 0) is 11.2 Å². The summed E-state index contributed by atoms with van der Waals surface area (Å²) < 4.78 is 0. The molecule has 1 aliphatic rings. The molecule has 1 aromatic carbocycles. The van der Waals surface area contributed by atoms with Gasteiger partial charge in [0.1, 0.15) is 0 Å². The molecule has 0 aromatic heterocycles. The van der Waals surface area contributed by atoms with Gasteiger partial charge in [-0.1, -0.05) is 30.3 Å². The van der Waals surface area contributed by atoms with Crippen molar-refractivity contribution in [2.45, 2.75) is 25.4 Å². The third-order valence-electron chi connectivity index (χ3n) is 2.99. The van der Waals surface area contributed by atoms with Crippen LogP contribution in [0.25, 0.3) is 0 Å². The molecule has 0 aliphatic carbocycles. The highest BCUT2D eigenvalue weighted by molar-refractivity contribution is 5.76. The number of aliphatic hydroxyl groups is 1. The summed E-state index contributed by atoms with van der Waals surface area (Å²) in [5.41, 5.74) is 1.19. The molecule has 16 heavy (non-hydrogen) atoms. The largest absolute Gasteiger partial charge is 0.391 e. The maximum atomic E-state index is 11.8. The van der Waals surface area contributed by atoms with E-state index in [9.17, 15) is 9.90 Å². The van der Waals surface area contributed by atoms with E-state index in [0.29, 0.717) is 19.5 Å². The van der Waals surface area contributed by atoms with Gasteiger partial charge in [0.05, 0.1) is 6.10 Å². The number of nitrogens with zero attached hydrogens (tertiary/aromatic N) is 1. The van der Waals surface area contributed by atoms with Gasteiger partial charge in [0, 0.05) is 19.5 Å². The summed E-state index contributed by atoms with van der Waals surface area (Å²) in [5.74, 6) is 0.153. The molecule has 2 rings (SSSR count). The van der Waals surface area contributed by atoms with Gasteiger partial charge < -0.3 is 10.0 Å². The highest BCUT2D eigenvalue weighted by Gasteiger charge is 2.23. The molecule has 1 atom stereocenters. The molecule has 3 heteroatoms. The fourth-order valence-electron chi connectivity index (χ4n) is 2.02. The first-order valence-corrected chi connectivity index (χ1v) is 5.75. The molecule has 1 amide bonds. The second-order valence-electron chi connectivity index (χ2n) is 4.27. The average Bonchev–Trinajstić information content (AvgIpc) is 2.74. The quantitative estimate of drug-likeness (QED) is 0.830. The monoisotopic (exact) mass is 219 g/mol. The number of rotatable bonds is 3. The lowest BCUT2D eigenvalue weighted by molar-refractivity contribution is -0.130. The number of carbonyl (C=O) groups is 1. The zero-order chi connectivity index (χ0) is 11.4. The van der Waals surface area contributed by atoms with Crippen molar-refractivity contribution in [3.8, 4) is 0 Å². The van der Waals surface area contributed by atoms with Crippen LogP contribution in [-0.4, -0.2) is 35.1 Å². The Bertz CT molecular complexity index is 350. The summed E-state index contributed by atoms with van der Waals surface area (Å²) >= 11 is 0. The van der Waals surface area contributed by atoms with Crippen LogP contribution in [0.4, 0.5) is 0 Å². The van der Waals surface area contributed by atoms with Crippen molar-refractivity contribution in [3.05, 3.63) is 35.9 Å². The molecule has 0 saturated carbocycles. The van der Waals surface area contributed by atoms with E-state index in [1.807, 2.05) is 30.3 Å². The molecule has 3 nitrogen and oxygen atoms in total. The van der Waals surface area contributed by atoms with E-state index in [1.165, 1.54) is 5.56 Å². The Morgan fingerprint density at radius 1 is 1.38 bits per heavy atom. The van der Waals surface area contributed by atoms with Crippen LogP contribution >= 0.6 is 0 Å². The lowest BCUT2D eigenvalue weighted by Crippen LogP contribution is -2.29. The van der Waals surface area contributed by atoms with Gasteiger partial charge in [-0.2, -0.15) is 0 Å². The van der Waals surface area contributed by atoms with Crippen molar-refractivity contribution < 1.29 is 9.90 Å². The molecule has 1 saturated heterocycles. The van der Waals surface area contributed by atoms with Gasteiger partial charge in [-0.25, -0.2) is 0 Å². The first kappa shape index (κ1) is 11.1. The summed E-state index contributed by atoms with van der Waals surface area (Å²) in [6.45, 7) is 1.21. The molecule has 1 fully saturated rings. The van der Waals surface area contributed by atoms with Crippen LogP contribution in [0.1, 0.15) is 18.4 Å². The van der Waals surface area contributed by atoms with E-state index in [0.717, 1.165) is 12.8 Å². The number of aryl methyl sites for hydroxylation is 1. The number of likely N-dealkylation sites (tertiary alicyclic amines) is 1. The van der Waals surface area contributed by atoms with E-state index in [4.69, 9.17) is 0 Å². The van der Waals surface area contributed by atoms with Crippen molar-refractivity contribution >= 4 is 5.91 Å². The van der Waals surface area contributed by atoms with Gasteiger partial charge >= 0.3 is 0 Å². The molecular formula is C13H17NO2. The van der Waals surface area contributed by atoms with Crippen molar-refractivity contribution in [1.29, 1.82) is 0 Å². The third-order valence-corrected chi connectivity index (χ3v) is 2.99. The van der Waals surface area contributed by atoms with E-state index in [1.54, 1.807) is 4.90 Å². The predicted octanol–water partition coefficient (Wildman–Crippen LogP) is 1.21. The SMILES string of the molecule is O=C(CCc1ccccc1)N1CC[C@@H](O)C1. The van der Waals surface area contributed by atoms with Crippen LogP contribution in [0.15, 0.2) is 30.3 Å². The van der Waals surface area contributed by atoms with Crippen LogP contribution in [0, 0.1) is 0 Å².